The second-order valence-electron chi connectivity index (χ2n) is 4.14. The number of benzene rings is 1. The first-order chi connectivity index (χ1) is 10.1. The Balaban J connectivity index is 2.14. The van der Waals surface area contributed by atoms with Crippen LogP contribution in [0.1, 0.15) is 0 Å². The van der Waals surface area contributed by atoms with E-state index in [-0.39, 0.29) is 19.0 Å². The number of rotatable bonds is 5. The lowest BCUT2D eigenvalue weighted by atomic mass is 10.2. The number of hydrogen-bond donors (Lipinski definition) is 3. The lowest BCUT2D eigenvalue weighted by Gasteiger charge is -2.12. The van der Waals surface area contributed by atoms with E-state index in [1.807, 2.05) is 0 Å². The number of carbonyl (C=O) groups is 2. The highest BCUT2D eigenvalue weighted by Crippen LogP contribution is 2.23. The Morgan fingerprint density at radius 2 is 2.14 bits per heavy atom. The Morgan fingerprint density at radius 3 is 2.81 bits per heavy atom. The van der Waals surface area contributed by atoms with Crippen molar-refractivity contribution in [3.63, 3.8) is 0 Å². The number of amides is 2. The number of nitrogens with one attached hydrogen (secondary N) is 2. The summed E-state index contributed by atoms with van der Waals surface area (Å²) < 4.78 is 1.60. The zero-order valence-electron chi connectivity index (χ0n) is 11.0. The maximum absolute atomic E-state index is 11.8. The second-order valence-corrected chi connectivity index (χ2v) is 4.58. The number of hydrogen-bond acceptors (Lipinski definition) is 4. The van der Waals surface area contributed by atoms with Gasteiger partial charge in [-0.1, -0.05) is 11.6 Å². The maximum Gasteiger partial charge on any atom is 0.243 e. The Hall–Kier alpha value is -2.38. The molecule has 0 bridgehead atoms. The third kappa shape index (κ3) is 4.04. The van der Waals surface area contributed by atoms with Crippen molar-refractivity contribution in [3.05, 3.63) is 41.7 Å². The Kier molecular flexibility index (Phi) is 4.91. The predicted octanol–water partition coefficient (Wildman–Crippen LogP) is 0.539. The van der Waals surface area contributed by atoms with Gasteiger partial charge in [0.1, 0.15) is 0 Å². The molecule has 0 radical (unpaired) electrons. The van der Waals surface area contributed by atoms with Gasteiger partial charge < -0.3 is 16.4 Å². The summed E-state index contributed by atoms with van der Waals surface area (Å²) in [6, 6.07) is 6.82. The van der Waals surface area contributed by atoms with Crippen molar-refractivity contribution < 1.29 is 9.59 Å². The third-order valence-electron chi connectivity index (χ3n) is 2.62. The van der Waals surface area contributed by atoms with Gasteiger partial charge in [-0.25, -0.2) is 4.68 Å². The Bertz CT molecular complexity index is 642. The van der Waals surface area contributed by atoms with Crippen LogP contribution in [-0.2, 0) is 9.59 Å². The van der Waals surface area contributed by atoms with Crippen LogP contribution < -0.4 is 16.4 Å². The van der Waals surface area contributed by atoms with Crippen molar-refractivity contribution in [1.82, 2.24) is 15.1 Å². The number of halogens is 1. The fourth-order valence-corrected chi connectivity index (χ4v) is 1.84. The van der Waals surface area contributed by atoms with E-state index in [1.54, 1.807) is 41.3 Å². The zero-order chi connectivity index (χ0) is 15.2. The maximum atomic E-state index is 11.8. The van der Waals surface area contributed by atoms with Crippen molar-refractivity contribution in [3.8, 4) is 5.69 Å². The van der Waals surface area contributed by atoms with Crippen LogP contribution in [0.3, 0.4) is 0 Å². The van der Waals surface area contributed by atoms with Gasteiger partial charge in [0, 0.05) is 17.4 Å². The van der Waals surface area contributed by atoms with E-state index in [4.69, 9.17) is 17.3 Å². The van der Waals surface area contributed by atoms with Crippen molar-refractivity contribution in [2.75, 3.05) is 18.4 Å². The van der Waals surface area contributed by atoms with Crippen LogP contribution >= 0.6 is 11.6 Å². The fraction of sp³-hybridized carbons (Fsp3) is 0.154. The number of aromatic nitrogens is 2. The molecule has 7 nitrogen and oxygen atoms in total. The minimum Gasteiger partial charge on any atom is -0.346 e. The van der Waals surface area contributed by atoms with E-state index >= 15 is 0 Å². The minimum atomic E-state index is -0.399. The van der Waals surface area contributed by atoms with Gasteiger partial charge in [0.05, 0.1) is 24.5 Å². The molecule has 110 valence electrons. The first kappa shape index (κ1) is 15.0. The van der Waals surface area contributed by atoms with Gasteiger partial charge in [0.25, 0.3) is 0 Å². The van der Waals surface area contributed by atoms with Crippen molar-refractivity contribution >= 4 is 29.1 Å². The van der Waals surface area contributed by atoms with Crippen LogP contribution in [0.25, 0.3) is 5.69 Å². The smallest absolute Gasteiger partial charge is 0.243 e. The average molecular weight is 308 g/mol. The number of nitrogens with zero attached hydrogens (tertiary/aromatic N) is 2. The first-order valence-electron chi connectivity index (χ1n) is 6.16. The highest BCUT2D eigenvalue weighted by Gasteiger charge is 2.10. The lowest BCUT2D eigenvalue weighted by molar-refractivity contribution is -0.123. The fourth-order valence-electron chi connectivity index (χ4n) is 1.66. The Labute approximate surface area is 126 Å². The molecule has 4 N–H and O–H groups in total. The third-order valence-corrected chi connectivity index (χ3v) is 2.85. The van der Waals surface area contributed by atoms with Crippen molar-refractivity contribution in [1.29, 1.82) is 0 Å². The molecule has 0 fully saturated rings. The molecule has 0 aliphatic carbocycles. The standard InChI is InChI=1S/C13H14ClN5O2/c14-9-2-3-11(19-5-1-4-17-19)10(6-9)18-13(21)8-16-12(20)7-15/h1-6H,7-8,15H2,(H,16,20)(H,18,21). The van der Waals surface area contributed by atoms with E-state index in [9.17, 15) is 9.59 Å². The number of anilines is 1. The minimum absolute atomic E-state index is 0.164. The molecule has 1 aromatic carbocycles. The molecule has 0 saturated heterocycles. The predicted molar refractivity (Wildman–Crippen MR) is 79.3 cm³/mol. The van der Waals surface area contributed by atoms with E-state index in [0.717, 1.165) is 0 Å². The quantitative estimate of drug-likeness (QED) is 0.750. The van der Waals surface area contributed by atoms with Crippen LogP contribution in [0.15, 0.2) is 36.7 Å². The van der Waals surface area contributed by atoms with E-state index < -0.39 is 5.91 Å². The molecule has 1 aromatic heterocycles. The van der Waals surface area contributed by atoms with Crippen LogP contribution in [-0.4, -0.2) is 34.7 Å². The summed E-state index contributed by atoms with van der Waals surface area (Å²) in [6.07, 6.45) is 3.37. The largest absolute Gasteiger partial charge is 0.346 e. The average Bonchev–Trinajstić information content (AvgIpc) is 2.99. The van der Waals surface area contributed by atoms with Gasteiger partial charge in [0.15, 0.2) is 0 Å². The van der Waals surface area contributed by atoms with E-state index in [2.05, 4.69) is 15.7 Å². The molecule has 2 aromatic rings. The normalized spacial score (nSPS) is 10.2. The highest BCUT2D eigenvalue weighted by molar-refractivity contribution is 6.31. The molecule has 2 rings (SSSR count). The molecule has 1 heterocycles. The van der Waals surface area contributed by atoms with Gasteiger partial charge in [-0.3, -0.25) is 9.59 Å². The second kappa shape index (κ2) is 6.87. The van der Waals surface area contributed by atoms with Crippen LogP contribution in [0, 0.1) is 0 Å². The molecular formula is C13H14ClN5O2. The first-order valence-corrected chi connectivity index (χ1v) is 6.54. The molecule has 0 atom stereocenters. The van der Waals surface area contributed by atoms with Gasteiger partial charge >= 0.3 is 0 Å². The van der Waals surface area contributed by atoms with Crippen molar-refractivity contribution in [2.24, 2.45) is 5.73 Å². The molecule has 0 aliphatic heterocycles. The number of nitrogens with two attached hydrogens (primary N) is 1. The van der Waals surface area contributed by atoms with Crippen LogP contribution in [0.2, 0.25) is 5.02 Å². The van der Waals surface area contributed by atoms with Gasteiger partial charge in [-0.05, 0) is 24.3 Å². The molecule has 0 unspecified atom stereocenters. The summed E-state index contributed by atoms with van der Waals surface area (Å²) in [7, 11) is 0. The topological polar surface area (TPSA) is 102 Å². The van der Waals surface area contributed by atoms with Gasteiger partial charge in [0.2, 0.25) is 11.8 Å². The molecule has 0 spiro atoms. The summed E-state index contributed by atoms with van der Waals surface area (Å²) in [6.45, 7) is -0.329. The number of carbonyl (C=O) groups excluding carboxylic acids is 2. The summed E-state index contributed by atoms with van der Waals surface area (Å²) >= 11 is 5.94. The Morgan fingerprint density at radius 1 is 1.33 bits per heavy atom. The molecule has 8 heteroatoms. The highest BCUT2D eigenvalue weighted by atomic mass is 35.5. The molecule has 0 aliphatic rings. The summed E-state index contributed by atoms with van der Waals surface area (Å²) in [5.41, 5.74) is 6.31. The lowest BCUT2D eigenvalue weighted by Crippen LogP contribution is -2.36. The van der Waals surface area contributed by atoms with Crippen molar-refractivity contribution in [2.45, 2.75) is 0 Å². The van der Waals surface area contributed by atoms with Gasteiger partial charge in [-0.2, -0.15) is 5.10 Å². The summed E-state index contributed by atoms with van der Waals surface area (Å²) in [5, 5.41) is 9.66. The van der Waals surface area contributed by atoms with Crippen LogP contribution in [0.4, 0.5) is 5.69 Å². The monoisotopic (exact) mass is 307 g/mol. The summed E-state index contributed by atoms with van der Waals surface area (Å²) in [4.78, 5) is 22.9. The molecule has 0 saturated carbocycles. The molecular weight excluding hydrogens is 294 g/mol. The SMILES string of the molecule is NCC(=O)NCC(=O)Nc1cc(Cl)ccc1-n1cccn1. The molecule has 2 amide bonds. The zero-order valence-corrected chi connectivity index (χ0v) is 11.8. The summed E-state index contributed by atoms with van der Waals surface area (Å²) in [5.74, 6) is -0.781. The van der Waals surface area contributed by atoms with E-state index in [0.29, 0.717) is 16.4 Å². The van der Waals surface area contributed by atoms with Crippen LogP contribution in [0.5, 0.6) is 0 Å². The molecule has 21 heavy (non-hydrogen) atoms. The van der Waals surface area contributed by atoms with E-state index in [1.165, 1.54) is 0 Å². The van der Waals surface area contributed by atoms with Gasteiger partial charge in [-0.15, -0.1) is 0 Å².